The van der Waals surface area contributed by atoms with E-state index >= 15 is 0 Å². The van der Waals surface area contributed by atoms with Crippen molar-refractivity contribution in [2.75, 3.05) is 0 Å². The van der Waals surface area contributed by atoms with Gasteiger partial charge in [-0.2, -0.15) is 5.26 Å². The Labute approximate surface area is 77.5 Å². The molecule has 0 aliphatic rings. The molecule has 1 aromatic heterocycles. The van der Waals surface area contributed by atoms with Crippen molar-refractivity contribution in [3.8, 4) is 6.07 Å². The van der Waals surface area contributed by atoms with E-state index in [4.69, 9.17) is 5.26 Å². The highest BCUT2D eigenvalue weighted by atomic mass is 16.5. The lowest BCUT2D eigenvalue weighted by Crippen LogP contribution is -2.27. The molecule has 13 heavy (non-hydrogen) atoms. The van der Waals surface area contributed by atoms with E-state index in [0.29, 0.717) is 13.0 Å². The molecule has 0 saturated heterocycles. The molecule has 4 nitrogen and oxygen atoms in total. The van der Waals surface area contributed by atoms with Gasteiger partial charge in [-0.15, -0.1) is 0 Å². The Morgan fingerprint density at radius 1 is 1.77 bits per heavy atom. The van der Waals surface area contributed by atoms with Crippen molar-refractivity contribution < 1.29 is 4.52 Å². The molecule has 1 aromatic rings. The average Bonchev–Trinajstić information content (AvgIpc) is 2.64. The second-order valence-electron chi connectivity index (χ2n) is 2.84. The van der Waals surface area contributed by atoms with Crippen LogP contribution in [0.2, 0.25) is 0 Å². The van der Waals surface area contributed by atoms with E-state index in [1.165, 1.54) is 0 Å². The lowest BCUT2D eigenvalue weighted by atomic mass is 10.1. The molecule has 4 heteroatoms. The van der Waals surface area contributed by atoms with Gasteiger partial charge in [0.2, 0.25) is 0 Å². The summed E-state index contributed by atoms with van der Waals surface area (Å²) in [5, 5.41) is 15.5. The van der Waals surface area contributed by atoms with Gasteiger partial charge >= 0.3 is 0 Å². The molecule has 0 aliphatic heterocycles. The fourth-order valence-electron chi connectivity index (χ4n) is 1.05. The molecule has 0 fully saturated rings. The highest BCUT2D eigenvalue weighted by Crippen LogP contribution is 1.99. The Morgan fingerprint density at radius 3 is 3.15 bits per heavy atom. The van der Waals surface area contributed by atoms with Gasteiger partial charge < -0.3 is 9.84 Å². The van der Waals surface area contributed by atoms with Gasteiger partial charge in [0, 0.05) is 18.7 Å². The summed E-state index contributed by atoms with van der Waals surface area (Å²) in [6.07, 6.45) is 3.03. The first kappa shape index (κ1) is 9.75. The Bertz CT molecular complexity index is 263. The molecule has 0 spiro atoms. The van der Waals surface area contributed by atoms with E-state index in [1.54, 1.807) is 6.26 Å². The van der Waals surface area contributed by atoms with E-state index in [2.05, 4.69) is 28.0 Å². The standard InChI is InChI=1S/C9H13N3O/c1-2-8(3-5-10)11-7-9-4-6-13-12-9/h4,6,8,11H,2-3,7H2,1H3. The van der Waals surface area contributed by atoms with E-state index in [9.17, 15) is 0 Å². The molecule has 1 rings (SSSR count). The maximum atomic E-state index is 8.50. The van der Waals surface area contributed by atoms with Gasteiger partial charge in [0.1, 0.15) is 6.26 Å². The number of nitrogens with one attached hydrogen (secondary N) is 1. The van der Waals surface area contributed by atoms with Crippen molar-refractivity contribution in [2.24, 2.45) is 0 Å². The predicted molar refractivity (Wildman–Crippen MR) is 47.7 cm³/mol. The van der Waals surface area contributed by atoms with Crippen LogP contribution < -0.4 is 5.32 Å². The molecule has 0 bridgehead atoms. The predicted octanol–water partition coefficient (Wildman–Crippen LogP) is 1.46. The molecule has 0 saturated carbocycles. The highest BCUT2D eigenvalue weighted by molar-refractivity contribution is 4.95. The number of hydrogen-bond donors (Lipinski definition) is 1. The summed E-state index contributed by atoms with van der Waals surface area (Å²) in [7, 11) is 0. The topological polar surface area (TPSA) is 61.9 Å². The van der Waals surface area contributed by atoms with Crippen LogP contribution in [0.4, 0.5) is 0 Å². The number of nitrogens with zero attached hydrogens (tertiary/aromatic N) is 2. The summed E-state index contributed by atoms with van der Waals surface area (Å²) < 4.78 is 4.69. The van der Waals surface area contributed by atoms with E-state index < -0.39 is 0 Å². The highest BCUT2D eigenvalue weighted by Gasteiger charge is 2.05. The van der Waals surface area contributed by atoms with Gasteiger partial charge in [-0.1, -0.05) is 12.1 Å². The zero-order valence-corrected chi connectivity index (χ0v) is 7.66. The number of rotatable bonds is 5. The molecule has 1 unspecified atom stereocenters. The first-order chi connectivity index (χ1) is 6.36. The maximum absolute atomic E-state index is 8.50. The summed E-state index contributed by atoms with van der Waals surface area (Å²) in [6, 6.07) is 4.21. The normalized spacial score (nSPS) is 12.3. The minimum absolute atomic E-state index is 0.252. The molecule has 0 amide bonds. The van der Waals surface area contributed by atoms with Crippen molar-refractivity contribution in [2.45, 2.75) is 32.4 Å². The summed E-state index contributed by atoms with van der Waals surface area (Å²) >= 11 is 0. The first-order valence-electron chi connectivity index (χ1n) is 4.36. The van der Waals surface area contributed by atoms with E-state index in [1.807, 2.05) is 6.07 Å². The summed E-state index contributed by atoms with van der Waals surface area (Å²) in [5.41, 5.74) is 0.872. The third-order valence-electron chi connectivity index (χ3n) is 1.89. The molecule has 1 heterocycles. The van der Waals surface area contributed by atoms with Crippen LogP contribution in [-0.4, -0.2) is 11.2 Å². The van der Waals surface area contributed by atoms with Gasteiger partial charge in [0.25, 0.3) is 0 Å². The van der Waals surface area contributed by atoms with Crippen molar-refractivity contribution in [1.29, 1.82) is 5.26 Å². The maximum Gasteiger partial charge on any atom is 0.124 e. The van der Waals surface area contributed by atoms with Crippen molar-refractivity contribution >= 4 is 0 Å². The van der Waals surface area contributed by atoms with Gasteiger partial charge in [-0.25, -0.2) is 0 Å². The van der Waals surface area contributed by atoms with Crippen LogP contribution in [0.15, 0.2) is 16.9 Å². The van der Waals surface area contributed by atoms with Crippen molar-refractivity contribution in [1.82, 2.24) is 10.5 Å². The molecular formula is C9H13N3O. The zero-order chi connectivity index (χ0) is 9.52. The Morgan fingerprint density at radius 2 is 2.62 bits per heavy atom. The van der Waals surface area contributed by atoms with Crippen LogP contribution in [0, 0.1) is 11.3 Å². The third kappa shape index (κ3) is 3.26. The third-order valence-corrected chi connectivity index (χ3v) is 1.89. The van der Waals surface area contributed by atoms with Crippen molar-refractivity contribution in [3.05, 3.63) is 18.0 Å². The smallest absolute Gasteiger partial charge is 0.124 e. The van der Waals surface area contributed by atoms with E-state index in [-0.39, 0.29) is 6.04 Å². The fraction of sp³-hybridized carbons (Fsp3) is 0.556. The summed E-state index contributed by atoms with van der Waals surface area (Å²) in [6.45, 7) is 2.72. The fourth-order valence-corrected chi connectivity index (χ4v) is 1.05. The van der Waals surface area contributed by atoms with Crippen LogP contribution >= 0.6 is 0 Å². The van der Waals surface area contributed by atoms with Gasteiger partial charge in [0.05, 0.1) is 18.2 Å². The average molecular weight is 179 g/mol. The Hall–Kier alpha value is -1.34. The lowest BCUT2D eigenvalue weighted by Gasteiger charge is -2.11. The number of aromatic nitrogens is 1. The molecule has 0 aliphatic carbocycles. The minimum Gasteiger partial charge on any atom is -0.364 e. The zero-order valence-electron chi connectivity index (χ0n) is 7.66. The molecule has 0 aromatic carbocycles. The second-order valence-corrected chi connectivity index (χ2v) is 2.84. The SMILES string of the molecule is CCC(CC#N)NCc1ccon1. The quantitative estimate of drug-likeness (QED) is 0.743. The van der Waals surface area contributed by atoms with Crippen molar-refractivity contribution in [3.63, 3.8) is 0 Å². The molecule has 1 atom stereocenters. The van der Waals surface area contributed by atoms with Gasteiger partial charge in [0.15, 0.2) is 0 Å². The van der Waals surface area contributed by atoms with E-state index in [0.717, 1.165) is 12.1 Å². The van der Waals surface area contributed by atoms with Gasteiger partial charge in [-0.05, 0) is 6.42 Å². The Kier molecular flexibility index (Phi) is 4.00. The number of nitriles is 1. The molecule has 0 radical (unpaired) electrons. The lowest BCUT2D eigenvalue weighted by molar-refractivity contribution is 0.403. The molecule has 70 valence electrons. The largest absolute Gasteiger partial charge is 0.364 e. The first-order valence-corrected chi connectivity index (χ1v) is 4.36. The summed E-state index contributed by atoms with van der Waals surface area (Å²) in [5.74, 6) is 0. The summed E-state index contributed by atoms with van der Waals surface area (Å²) in [4.78, 5) is 0. The van der Waals surface area contributed by atoms with Crippen LogP contribution in [0.1, 0.15) is 25.5 Å². The van der Waals surface area contributed by atoms with Crippen LogP contribution in [0.3, 0.4) is 0 Å². The van der Waals surface area contributed by atoms with Crippen LogP contribution in [-0.2, 0) is 6.54 Å². The molecular weight excluding hydrogens is 166 g/mol. The van der Waals surface area contributed by atoms with Gasteiger partial charge in [-0.3, -0.25) is 0 Å². The number of hydrogen-bond acceptors (Lipinski definition) is 4. The van der Waals surface area contributed by atoms with Crippen LogP contribution in [0.25, 0.3) is 0 Å². The Balaban J connectivity index is 2.28. The molecule has 1 N–H and O–H groups in total. The minimum atomic E-state index is 0.252. The second kappa shape index (κ2) is 5.33. The monoisotopic (exact) mass is 179 g/mol. The van der Waals surface area contributed by atoms with Crippen LogP contribution in [0.5, 0.6) is 0 Å².